The van der Waals surface area contributed by atoms with Crippen molar-refractivity contribution < 1.29 is 19.1 Å². The van der Waals surface area contributed by atoms with Gasteiger partial charge in [0.15, 0.2) is 0 Å². The number of rotatable bonds is 5. The Balaban J connectivity index is 1.69. The molecule has 4 rings (SSSR count). The Morgan fingerprint density at radius 2 is 2.00 bits per heavy atom. The van der Waals surface area contributed by atoms with Crippen LogP contribution in [-0.4, -0.2) is 73.7 Å². The van der Waals surface area contributed by atoms with Crippen LogP contribution in [0.4, 0.5) is 22.0 Å². The van der Waals surface area contributed by atoms with Gasteiger partial charge >= 0.3 is 6.03 Å². The number of aromatic nitrogens is 2. The van der Waals surface area contributed by atoms with Crippen molar-refractivity contribution in [3.05, 3.63) is 30.1 Å². The number of carbonyl (C=O) groups is 2. The van der Waals surface area contributed by atoms with Crippen LogP contribution in [0.15, 0.2) is 24.5 Å². The lowest BCUT2D eigenvalue weighted by atomic mass is 10.2. The molecule has 0 saturated carbocycles. The highest BCUT2D eigenvalue weighted by Crippen LogP contribution is 2.36. The number of fused-ring (bicyclic) bond motifs is 1. The molecule has 10 nitrogen and oxygen atoms in total. The summed E-state index contributed by atoms with van der Waals surface area (Å²) in [5.41, 5.74) is 1.61. The van der Waals surface area contributed by atoms with Crippen LogP contribution in [-0.2, 0) is 0 Å². The van der Waals surface area contributed by atoms with E-state index >= 15 is 0 Å². The molecule has 2 aliphatic rings. The highest BCUT2D eigenvalue weighted by Gasteiger charge is 2.32. The Morgan fingerprint density at radius 1 is 1.17 bits per heavy atom. The Labute approximate surface area is 174 Å². The van der Waals surface area contributed by atoms with Crippen LogP contribution in [0.1, 0.15) is 17.3 Å². The molecule has 1 aromatic carbocycles. The number of nitrogens with one attached hydrogen (secondary N) is 1. The molecule has 1 fully saturated rings. The largest absolute Gasteiger partial charge is 0.494 e. The Bertz CT molecular complexity index is 982. The van der Waals surface area contributed by atoms with Gasteiger partial charge in [0, 0.05) is 38.4 Å². The van der Waals surface area contributed by atoms with Gasteiger partial charge < -0.3 is 24.6 Å². The normalized spacial score (nSPS) is 16.3. The average molecular weight is 412 g/mol. The lowest BCUT2D eigenvalue weighted by Gasteiger charge is -2.24. The average Bonchev–Trinajstić information content (AvgIpc) is 3.06. The van der Waals surface area contributed by atoms with E-state index in [0.717, 1.165) is 0 Å². The van der Waals surface area contributed by atoms with Gasteiger partial charge in [-0.1, -0.05) is 0 Å². The van der Waals surface area contributed by atoms with Gasteiger partial charge in [-0.15, -0.1) is 0 Å². The Morgan fingerprint density at radius 3 is 2.70 bits per heavy atom. The molecule has 10 heteroatoms. The minimum atomic E-state index is -0.267. The van der Waals surface area contributed by atoms with Crippen LogP contribution < -0.4 is 24.6 Å². The first-order chi connectivity index (χ1) is 14.6. The Hall–Kier alpha value is -3.56. The third-order valence-corrected chi connectivity index (χ3v) is 5.30. The third-order valence-electron chi connectivity index (χ3n) is 5.30. The molecule has 2 aliphatic heterocycles. The first kappa shape index (κ1) is 19.7. The van der Waals surface area contributed by atoms with Crippen molar-refractivity contribution in [2.75, 3.05) is 62.1 Å². The van der Waals surface area contributed by atoms with Gasteiger partial charge in [-0.2, -0.15) is 0 Å². The molecular weight excluding hydrogens is 388 g/mol. The number of carbonyl (C=O) groups excluding carboxylic acids is 2. The van der Waals surface area contributed by atoms with E-state index in [9.17, 15) is 9.59 Å². The number of benzene rings is 1. The van der Waals surface area contributed by atoms with E-state index in [2.05, 4.69) is 15.3 Å². The SMILES string of the molecule is CCN1CCN(c2ccc(N3CCOc4ncnc(NC)c4C3=O)cc2OC)C1=O. The van der Waals surface area contributed by atoms with Crippen LogP contribution in [0, 0.1) is 0 Å². The van der Waals surface area contributed by atoms with Gasteiger partial charge in [-0.25, -0.2) is 14.8 Å². The summed E-state index contributed by atoms with van der Waals surface area (Å²) in [6.07, 6.45) is 1.36. The van der Waals surface area contributed by atoms with Crippen molar-refractivity contribution in [2.45, 2.75) is 6.92 Å². The zero-order valence-electron chi connectivity index (χ0n) is 17.2. The van der Waals surface area contributed by atoms with Crippen molar-refractivity contribution in [3.8, 4) is 11.6 Å². The number of likely N-dealkylation sites (N-methyl/N-ethyl adjacent to an activating group) is 1. The van der Waals surface area contributed by atoms with E-state index in [4.69, 9.17) is 9.47 Å². The molecule has 0 atom stereocenters. The van der Waals surface area contributed by atoms with Crippen LogP contribution in [0.2, 0.25) is 0 Å². The third kappa shape index (κ3) is 3.23. The zero-order valence-corrected chi connectivity index (χ0v) is 17.2. The summed E-state index contributed by atoms with van der Waals surface area (Å²) in [5, 5.41) is 2.92. The fourth-order valence-corrected chi connectivity index (χ4v) is 3.73. The van der Waals surface area contributed by atoms with Gasteiger partial charge in [0.05, 0.1) is 19.3 Å². The molecule has 0 unspecified atom stereocenters. The van der Waals surface area contributed by atoms with E-state index in [0.29, 0.717) is 55.7 Å². The van der Waals surface area contributed by atoms with E-state index in [-0.39, 0.29) is 23.4 Å². The minimum absolute atomic E-state index is 0.0486. The van der Waals surface area contributed by atoms with Gasteiger partial charge in [0.1, 0.15) is 30.1 Å². The molecule has 1 aromatic heterocycles. The van der Waals surface area contributed by atoms with Gasteiger partial charge in [-0.05, 0) is 19.1 Å². The standard InChI is InChI=1S/C20H24N6O4/c1-4-24-7-8-26(20(24)28)14-6-5-13(11-15(14)29-3)25-9-10-30-18-16(19(25)27)17(21-2)22-12-23-18/h5-6,11-12H,4,7-10H2,1-3H3,(H,21,22,23). The number of amides is 3. The molecule has 3 amide bonds. The zero-order chi connectivity index (χ0) is 21.3. The Kier molecular flexibility index (Phi) is 5.30. The van der Waals surface area contributed by atoms with E-state index in [1.165, 1.54) is 6.33 Å². The predicted octanol–water partition coefficient (Wildman–Crippen LogP) is 1.83. The number of hydrogen-bond acceptors (Lipinski definition) is 7. The fourth-order valence-electron chi connectivity index (χ4n) is 3.73. The smallest absolute Gasteiger partial charge is 0.324 e. The quantitative estimate of drug-likeness (QED) is 0.800. The molecular formula is C20H24N6O4. The van der Waals surface area contributed by atoms with E-state index in [1.807, 2.05) is 19.1 Å². The topological polar surface area (TPSA) is 100 Å². The van der Waals surface area contributed by atoms with Crippen molar-refractivity contribution >= 4 is 29.1 Å². The molecule has 0 aliphatic carbocycles. The number of nitrogens with zero attached hydrogens (tertiary/aromatic N) is 5. The van der Waals surface area contributed by atoms with Gasteiger partial charge in [0.25, 0.3) is 5.91 Å². The van der Waals surface area contributed by atoms with Crippen molar-refractivity contribution in [3.63, 3.8) is 0 Å². The second-order valence-corrected chi connectivity index (χ2v) is 6.83. The minimum Gasteiger partial charge on any atom is -0.494 e. The maximum Gasteiger partial charge on any atom is 0.324 e. The van der Waals surface area contributed by atoms with Crippen LogP contribution in [0.25, 0.3) is 0 Å². The molecule has 3 heterocycles. The van der Waals surface area contributed by atoms with E-state index < -0.39 is 0 Å². The summed E-state index contributed by atoms with van der Waals surface area (Å²) in [5.74, 6) is 0.919. The van der Waals surface area contributed by atoms with Crippen LogP contribution >= 0.6 is 0 Å². The number of methoxy groups -OCH3 is 1. The summed E-state index contributed by atoms with van der Waals surface area (Å²) in [6.45, 7) is 4.51. The number of anilines is 3. The molecule has 0 bridgehead atoms. The molecule has 158 valence electrons. The predicted molar refractivity (Wildman–Crippen MR) is 112 cm³/mol. The lowest BCUT2D eigenvalue weighted by Crippen LogP contribution is -2.33. The molecule has 0 spiro atoms. The van der Waals surface area contributed by atoms with Gasteiger partial charge in [0.2, 0.25) is 5.88 Å². The summed E-state index contributed by atoms with van der Waals surface area (Å²) in [6, 6.07) is 5.34. The summed E-state index contributed by atoms with van der Waals surface area (Å²) >= 11 is 0. The second kappa shape index (κ2) is 8.05. The van der Waals surface area contributed by atoms with Crippen molar-refractivity contribution in [1.82, 2.24) is 14.9 Å². The molecule has 1 saturated heterocycles. The maximum absolute atomic E-state index is 13.3. The first-order valence-corrected chi connectivity index (χ1v) is 9.81. The fraction of sp³-hybridized carbons (Fsp3) is 0.400. The first-order valence-electron chi connectivity index (χ1n) is 9.81. The monoisotopic (exact) mass is 412 g/mol. The highest BCUT2D eigenvalue weighted by atomic mass is 16.5. The lowest BCUT2D eigenvalue weighted by molar-refractivity contribution is 0.0990. The summed E-state index contributed by atoms with van der Waals surface area (Å²) in [4.78, 5) is 39.2. The molecule has 2 aromatic rings. The van der Waals surface area contributed by atoms with Crippen LogP contribution in [0.5, 0.6) is 11.6 Å². The van der Waals surface area contributed by atoms with Crippen molar-refractivity contribution in [1.29, 1.82) is 0 Å². The highest BCUT2D eigenvalue weighted by molar-refractivity contribution is 6.11. The number of hydrogen-bond donors (Lipinski definition) is 1. The van der Waals surface area contributed by atoms with Crippen LogP contribution in [0.3, 0.4) is 0 Å². The molecule has 30 heavy (non-hydrogen) atoms. The van der Waals surface area contributed by atoms with Gasteiger partial charge in [-0.3, -0.25) is 9.69 Å². The summed E-state index contributed by atoms with van der Waals surface area (Å²) in [7, 11) is 3.24. The van der Waals surface area contributed by atoms with Crippen molar-refractivity contribution in [2.24, 2.45) is 0 Å². The second-order valence-electron chi connectivity index (χ2n) is 6.83. The molecule has 1 N–H and O–H groups in total. The molecule has 0 radical (unpaired) electrons. The maximum atomic E-state index is 13.3. The number of urea groups is 1. The summed E-state index contributed by atoms with van der Waals surface area (Å²) < 4.78 is 11.2. The number of ether oxygens (including phenoxy) is 2. The van der Waals surface area contributed by atoms with E-state index in [1.54, 1.807) is 34.9 Å².